The molecule has 1 unspecified atom stereocenters. The minimum atomic E-state index is -0.628. The van der Waals surface area contributed by atoms with Crippen molar-refractivity contribution in [2.24, 2.45) is 5.92 Å². The lowest BCUT2D eigenvalue weighted by Crippen LogP contribution is -2.18. The van der Waals surface area contributed by atoms with Crippen molar-refractivity contribution in [2.45, 2.75) is 51.0 Å². The minimum absolute atomic E-state index is 0.166. The molecule has 94 valence electrons. The first-order valence-electron chi connectivity index (χ1n) is 6.19. The summed E-state index contributed by atoms with van der Waals surface area (Å²) in [7, 11) is 0. The Balaban J connectivity index is 2.27. The van der Waals surface area contributed by atoms with Crippen LogP contribution in [0.5, 0.6) is 0 Å². The first-order chi connectivity index (χ1) is 7.74. The summed E-state index contributed by atoms with van der Waals surface area (Å²) < 4.78 is 1.04. The van der Waals surface area contributed by atoms with Crippen LogP contribution in [-0.2, 0) is 0 Å². The number of thiocarbonyl (C=S) groups is 1. The largest absolute Gasteiger partial charge is 0.394 e. The van der Waals surface area contributed by atoms with E-state index in [-0.39, 0.29) is 6.61 Å². The average molecular weight is 262 g/mol. The fourth-order valence-electron chi connectivity index (χ4n) is 2.04. The molecule has 0 amide bonds. The quantitative estimate of drug-likeness (QED) is 0.764. The zero-order valence-electron chi connectivity index (χ0n) is 9.73. The van der Waals surface area contributed by atoms with Crippen molar-refractivity contribution < 1.29 is 10.2 Å². The summed E-state index contributed by atoms with van der Waals surface area (Å²) in [6.07, 6.45) is 8.41. The second-order valence-electron chi connectivity index (χ2n) is 4.51. The van der Waals surface area contributed by atoms with E-state index in [9.17, 15) is 5.11 Å². The number of hydrogen-bond donors (Lipinski definition) is 2. The summed E-state index contributed by atoms with van der Waals surface area (Å²) in [5, 5.41) is 18.0. The zero-order chi connectivity index (χ0) is 11.8. The zero-order valence-corrected chi connectivity index (χ0v) is 11.4. The highest BCUT2D eigenvalue weighted by Gasteiger charge is 2.17. The number of hydrogen-bond acceptors (Lipinski definition) is 4. The summed E-state index contributed by atoms with van der Waals surface area (Å²) in [5.41, 5.74) is 0. The van der Waals surface area contributed by atoms with Gasteiger partial charge >= 0.3 is 0 Å². The van der Waals surface area contributed by atoms with Gasteiger partial charge in [-0.3, -0.25) is 0 Å². The Labute approximate surface area is 108 Å². The van der Waals surface area contributed by atoms with E-state index in [0.29, 0.717) is 11.7 Å². The van der Waals surface area contributed by atoms with Gasteiger partial charge in [0.25, 0.3) is 0 Å². The van der Waals surface area contributed by atoms with Gasteiger partial charge in [0.2, 0.25) is 0 Å². The third-order valence-electron chi connectivity index (χ3n) is 3.07. The molecule has 1 atom stereocenters. The number of aliphatic hydroxyl groups excluding tert-OH is 2. The van der Waals surface area contributed by atoms with E-state index in [4.69, 9.17) is 17.3 Å². The van der Waals surface area contributed by atoms with Crippen LogP contribution in [0.25, 0.3) is 0 Å². The van der Waals surface area contributed by atoms with Crippen LogP contribution in [0, 0.1) is 5.92 Å². The lowest BCUT2D eigenvalue weighted by atomic mass is 9.92. The van der Waals surface area contributed by atoms with E-state index in [1.165, 1.54) is 44.9 Å². The third kappa shape index (κ3) is 5.62. The van der Waals surface area contributed by atoms with Crippen molar-refractivity contribution in [1.29, 1.82) is 0 Å². The van der Waals surface area contributed by atoms with Crippen molar-refractivity contribution in [3.63, 3.8) is 0 Å². The van der Waals surface area contributed by atoms with E-state index in [0.717, 1.165) is 4.20 Å². The Hall–Kier alpha value is 0.360. The maximum atomic E-state index is 9.28. The van der Waals surface area contributed by atoms with E-state index in [2.05, 4.69) is 0 Å². The van der Waals surface area contributed by atoms with E-state index in [1.54, 1.807) is 11.8 Å². The first-order valence-corrected chi connectivity index (χ1v) is 7.59. The van der Waals surface area contributed by atoms with Crippen molar-refractivity contribution in [2.75, 3.05) is 12.4 Å². The van der Waals surface area contributed by atoms with Gasteiger partial charge in [0, 0.05) is 11.7 Å². The molecule has 2 N–H and O–H groups in total. The van der Waals surface area contributed by atoms with E-state index >= 15 is 0 Å². The topological polar surface area (TPSA) is 40.5 Å². The molecule has 16 heavy (non-hydrogen) atoms. The fourth-order valence-corrected chi connectivity index (χ4v) is 3.41. The summed E-state index contributed by atoms with van der Waals surface area (Å²) >= 11 is 6.97. The summed E-state index contributed by atoms with van der Waals surface area (Å²) in [4.78, 5) is 0. The molecule has 1 rings (SSSR count). The fraction of sp³-hybridized carbons (Fsp3) is 0.917. The van der Waals surface area contributed by atoms with Gasteiger partial charge in [-0.15, -0.1) is 11.8 Å². The molecule has 0 saturated heterocycles. The molecule has 0 radical (unpaired) electrons. The molecule has 0 heterocycles. The van der Waals surface area contributed by atoms with Crippen LogP contribution >= 0.6 is 24.0 Å². The molecule has 1 fully saturated rings. The summed E-state index contributed by atoms with van der Waals surface area (Å²) in [5.74, 6) is 1.08. The maximum absolute atomic E-state index is 9.28. The molecule has 0 aromatic heterocycles. The summed E-state index contributed by atoms with van der Waals surface area (Å²) in [6, 6.07) is 0. The molecule has 4 heteroatoms. The molecule has 0 bridgehead atoms. The van der Waals surface area contributed by atoms with Crippen molar-refractivity contribution in [3.05, 3.63) is 0 Å². The van der Waals surface area contributed by atoms with Crippen LogP contribution < -0.4 is 0 Å². The van der Waals surface area contributed by atoms with E-state index in [1.807, 2.05) is 0 Å². The highest BCUT2D eigenvalue weighted by molar-refractivity contribution is 8.23. The first kappa shape index (κ1) is 14.4. The standard InChI is InChI=1S/C12H22O2S2/c13-8-11(14)9-16-12(15)10-6-4-2-1-3-5-7-10/h10-11,13-14H,1-9H2. The highest BCUT2D eigenvalue weighted by atomic mass is 32.2. The Bertz CT molecular complexity index is 201. The lowest BCUT2D eigenvalue weighted by molar-refractivity contribution is 0.114. The molecule has 1 saturated carbocycles. The number of aliphatic hydroxyl groups is 2. The Kier molecular flexibility index (Phi) is 7.62. The van der Waals surface area contributed by atoms with Crippen LogP contribution in [0.4, 0.5) is 0 Å². The van der Waals surface area contributed by atoms with Gasteiger partial charge < -0.3 is 10.2 Å². The van der Waals surface area contributed by atoms with Crippen LogP contribution in [0.15, 0.2) is 0 Å². The molecule has 0 spiro atoms. The number of rotatable bonds is 4. The van der Waals surface area contributed by atoms with Gasteiger partial charge in [0.15, 0.2) is 0 Å². The Morgan fingerprint density at radius 2 is 1.75 bits per heavy atom. The molecule has 0 aromatic carbocycles. The van der Waals surface area contributed by atoms with Crippen LogP contribution in [-0.4, -0.2) is 32.9 Å². The predicted molar refractivity (Wildman–Crippen MR) is 74.0 cm³/mol. The van der Waals surface area contributed by atoms with Crippen molar-refractivity contribution in [3.8, 4) is 0 Å². The second kappa shape index (κ2) is 8.45. The van der Waals surface area contributed by atoms with Crippen LogP contribution in [0.1, 0.15) is 44.9 Å². The highest BCUT2D eigenvalue weighted by Crippen LogP contribution is 2.27. The molecule has 0 aliphatic heterocycles. The van der Waals surface area contributed by atoms with Gasteiger partial charge in [-0.05, 0) is 12.8 Å². The molecule has 0 aromatic rings. The Morgan fingerprint density at radius 1 is 1.19 bits per heavy atom. The van der Waals surface area contributed by atoms with Gasteiger partial charge in [-0.2, -0.15) is 0 Å². The van der Waals surface area contributed by atoms with E-state index < -0.39 is 6.10 Å². The second-order valence-corrected chi connectivity index (χ2v) is 6.27. The van der Waals surface area contributed by atoms with Gasteiger partial charge in [-0.1, -0.05) is 44.3 Å². The molecule has 2 nitrogen and oxygen atoms in total. The Morgan fingerprint density at radius 3 is 2.31 bits per heavy atom. The van der Waals surface area contributed by atoms with Gasteiger partial charge in [0.05, 0.1) is 16.9 Å². The predicted octanol–water partition coefficient (Wildman–Crippen LogP) is 2.76. The average Bonchev–Trinajstić information content (AvgIpc) is 2.25. The minimum Gasteiger partial charge on any atom is -0.394 e. The molecule has 1 aliphatic rings. The maximum Gasteiger partial charge on any atom is 0.0864 e. The monoisotopic (exact) mass is 262 g/mol. The van der Waals surface area contributed by atoms with Gasteiger partial charge in [0.1, 0.15) is 0 Å². The van der Waals surface area contributed by atoms with Crippen LogP contribution in [0.3, 0.4) is 0 Å². The third-order valence-corrected chi connectivity index (χ3v) is 4.92. The van der Waals surface area contributed by atoms with Crippen molar-refractivity contribution >= 4 is 28.2 Å². The number of thioether (sulfide) groups is 1. The smallest absolute Gasteiger partial charge is 0.0864 e. The lowest BCUT2D eigenvalue weighted by Gasteiger charge is -2.20. The normalized spacial score (nSPS) is 21.1. The molecular formula is C12H22O2S2. The van der Waals surface area contributed by atoms with Crippen molar-refractivity contribution in [1.82, 2.24) is 0 Å². The molecule has 1 aliphatic carbocycles. The summed E-state index contributed by atoms with van der Waals surface area (Å²) in [6.45, 7) is -0.166. The SMILES string of the molecule is OCC(O)CSC(=S)C1CCCCCCC1. The molecular weight excluding hydrogens is 240 g/mol. The van der Waals surface area contributed by atoms with Crippen LogP contribution in [0.2, 0.25) is 0 Å². The van der Waals surface area contributed by atoms with Gasteiger partial charge in [-0.25, -0.2) is 0 Å².